The maximum absolute atomic E-state index is 12.5. The van der Waals surface area contributed by atoms with Crippen molar-refractivity contribution in [1.29, 1.82) is 0 Å². The highest BCUT2D eigenvalue weighted by molar-refractivity contribution is 5.93. The quantitative estimate of drug-likeness (QED) is 0.622. The summed E-state index contributed by atoms with van der Waals surface area (Å²) in [5.74, 6) is 0.698. The molecule has 0 saturated heterocycles. The summed E-state index contributed by atoms with van der Waals surface area (Å²) < 4.78 is 21.1. The minimum Gasteiger partial charge on any atom is -0.493 e. The lowest BCUT2D eigenvalue weighted by Gasteiger charge is -2.13. The molecule has 134 valence electrons. The van der Waals surface area contributed by atoms with Crippen LogP contribution >= 0.6 is 0 Å². The molecule has 0 spiro atoms. The number of methoxy groups -OCH3 is 2. The first kappa shape index (κ1) is 17.4. The highest BCUT2D eigenvalue weighted by atomic mass is 16.6. The zero-order valence-corrected chi connectivity index (χ0v) is 14.5. The first-order valence-electron chi connectivity index (χ1n) is 7.80. The second-order valence-corrected chi connectivity index (χ2v) is 5.29. The Hall–Kier alpha value is -3.42. The van der Waals surface area contributed by atoms with Crippen LogP contribution in [0.2, 0.25) is 0 Å². The van der Waals surface area contributed by atoms with Crippen molar-refractivity contribution in [3.8, 4) is 22.9 Å². The van der Waals surface area contributed by atoms with E-state index >= 15 is 0 Å². The molecule has 0 saturated carbocycles. The Kier molecular flexibility index (Phi) is 5.12. The smallest absolute Gasteiger partial charge is 0.342 e. The van der Waals surface area contributed by atoms with E-state index < -0.39 is 12.1 Å². The van der Waals surface area contributed by atoms with Gasteiger partial charge in [0.05, 0.1) is 14.2 Å². The number of aromatic nitrogens is 3. The second-order valence-electron chi connectivity index (χ2n) is 5.29. The molecular weight excluding hydrogens is 338 g/mol. The molecule has 8 heteroatoms. The van der Waals surface area contributed by atoms with Gasteiger partial charge in [0, 0.05) is 18.0 Å². The second kappa shape index (κ2) is 7.64. The molecule has 0 N–H and O–H groups in total. The number of carbonyl (C=O) groups is 1. The van der Waals surface area contributed by atoms with Crippen molar-refractivity contribution in [3.63, 3.8) is 0 Å². The Morgan fingerprint density at radius 2 is 2.00 bits per heavy atom. The summed E-state index contributed by atoms with van der Waals surface area (Å²) in [6.45, 7) is 1.64. The van der Waals surface area contributed by atoms with Gasteiger partial charge in [-0.1, -0.05) is 11.2 Å². The van der Waals surface area contributed by atoms with E-state index in [1.807, 2.05) is 0 Å². The molecule has 0 fully saturated rings. The summed E-state index contributed by atoms with van der Waals surface area (Å²) in [6.07, 6.45) is 2.53. The average Bonchev–Trinajstić information content (AvgIpc) is 3.18. The van der Waals surface area contributed by atoms with Gasteiger partial charge in [0.2, 0.25) is 5.82 Å². The molecule has 3 aromatic rings. The third-order valence-electron chi connectivity index (χ3n) is 3.62. The van der Waals surface area contributed by atoms with Gasteiger partial charge in [-0.05, 0) is 31.2 Å². The highest BCUT2D eigenvalue weighted by Gasteiger charge is 2.23. The number of esters is 1. The Morgan fingerprint density at radius 3 is 2.69 bits per heavy atom. The fraction of sp³-hybridized carbons (Fsp3) is 0.222. The Bertz CT molecular complexity index is 895. The number of rotatable bonds is 6. The van der Waals surface area contributed by atoms with Crippen molar-refractivity contribution >= 4 is 5.97 Å². The highest BCUT2D eigenvalue weighted by Crippen LogP contribution is 2.32. The van der Waals surface area contributed by atoms with E-state index in [-0.39, 0.29) is 11.5 Å². The normalized spacial score (nSPS) is 11.7. The van der Waals surface area contributed by atoms with Crippen molar-refractivity contribution in [3.05, 3.63) is 54.2 Å². The molecule has 1 aromatic carbocycles. The molecule has 1 unspecified atom stereocenters. The van der Waals surface area contributed by atoms with E-state index in [0.717, 1.165) is 0 Å². The van der Waals surface area contributed by atoms with Gasteiger partial charge in [-0.2, -0.15) is 4.98 Å². The van der Waals surface area contributed by atoms with Gasteiger partial charge in [0.25, 0.3) is 5.89 Å². The molecule has 8 nitrogen and oxygen atoms in total. The van der Waals surface area contributed by atoms with E-state index in [4.69, 9.17) is 18.7 Å². The fourth-order valence-electron chi connectivity index (χ4n) is 2.33. The predicted molar refractivity (Wildman–Crippen MR) is 90.9 cm³/mol. The van der Waals surface area contributed by atoms with Crippen molar-refractivity contribution < 1.29 is 23.5 Å². The summed E-state index contributed by atoms with van der Waals surface area (Å²) in [4.78, 5) is 20.8. The molecule has 0 aliphatic carbocycles. The summed E-state index contributed by atoms with van der Waals surface area (Å²) in [5, 5.41) is 3.89. The van der Waals surface area contributed by atoms with Crippen LogP contribution in [0.15, 0.2) is 47.2 Å². The Balaban J connectivity index is 1.77. The number of carbonyl (C=O) groups excluding carboxylic acids is 1. The van der Waals surface area contributed by atoms with E-state index in [1.165, 1.54) is 14.2 Å². The molecule has 1 atom stereocenters. The molecule has 26 heavy (non-hydrogen) atoms. The number of para-hydroxylation sites is 1. The van der Waals surface area contributed by atoms with E-state index in [1.54, 1.807) is 49.6 Å². The number of hydrogen-bond acceptors (Lipinski definition) is 8. The molecular formula is C18H17N3O5. The monoisotopic (exact) mass is 355 g/mol. The number of pyridine rings is 1. The lowest BCUT2D eigenvalue weighted by atomic mass is 10.2. The summed E-state index contributed by atoms with van der Waals surface area (Å²) in [5.41, 5.74) is 0.946. The fourth-order valence-corrected chi connectivity index (χ4v) is 2.33. The van der Waals surface area contributed by atoms with Gasteiger partial charge < -0.3 is 18.7 Å². The van der Waals surface area contributed by atoms with Crippen molar-refractivity contribution in [2.75, 3.05) is 14.2 Å². The third-order valence-corrected chi connectivity index (χ3v) is 3.62. The van der Waals surface area contributed by atoms with Crippen molar-refractivity contribution in [2.24, 2.45) is 0 Å². The van der Waals surface area contributed by atoms with Crippen LogP contribution in [0.5, 0.6) is 11.5 Å². The first-order valence-corrected chi connectivity index (χ1v) is 7.80. The van der Waals surface area contributed by atoms with E-state index in [0.29, 0.717) is 22.9 Å². The van der Waals surface area contributed by atoms with Crippen LogP contribution in [0.4, 0.5) is 0 Å². The SMILES string of the molecule is COc1cccc(C(=O)OC(C)c2nc(-c3cccnc3)no2)c1OC. The molecule has 0 aliphatic rings. The summed E-state index contributed by atoms with van der Waals surface area (Å²) in [7, 11) is 2.95. The van der Waals surface area contributed by atoms with Gasteiger partial charge in [0.15, 0.2) is 17.6 Å². The summed E-state index contributed by atoms with van der Waals surface area (Å²) >= 11 is 0. The van der Waals surface area contributed by atoms with Gasteiger partial charge in [0.1, 0.15) is 5.56 Å². The van der Waals surface area contributed by atoms with Crippen LogP contribution in [0, 0.1) is 0 Å². The van der Waals surface area contributed by atoms with Crippen LogP contribution in [0.3, 0.4) is 0 Å². The number of ether oxygens (including phenoxy) is 3. The Labute approximate surface area is 149 Å². The third kappa shape index (κ3) is 3.49. The van der Waals surface area contributed by atoms with E-state index in [2.05, 4.69) is 15.1 Å². The lowest BCUT2D eigenvalue weighted by Crippen LogP contribution is -2.11. The zero-order chi connectivity index (χ0) is 18.5. The van der Waals surface area contributed by atoms with Crippen LogP contribution < -0.4 is 9.47 Å². The van der Waals surface area contributed by atoms with E-state index in [9.17, 15) is 4.79 Å². The molecule has 0 radical (unpaired) electrons. The molecule has 0 amide bonds. The number of hydrogen-bond donors (Lipinski definition) is 0. The van der Waals surface area contributed by atoms with Gasteiger partial charge in [-0.25, -0.2) is 4.79 Å². The lowest BCUT2D eigenvalue weighted by molar-refractivity contribution is 0.0261. The van der Waals surface area contributed by atoms with Gasteiger partial charge >= 0.3 is 5.97 Å². The van der Waals surface area contributed by atoms with Crippen LogP contribution in [-0.4, -0.2) is 35.3 Å². The topological polar surface area (TPSA) is 96.6 Å². The van der Waals surface area contributed by atoms with Gasteiger partial charge in [-0.15, -0.1) is 0 Å². The number of benzene rings is 1. The molecule has 2 heterocycles. The van der Waals surface area contributed by atoms with Crippen molar-refractivity contribution in [1.82, 2.24) is 15.1 Å². The predicted octanol–water partition coefficient (Wildman–Crippen LogP) is 3.07. The minimum absolute atomic E-state index is 0.180. The average molecular weight is 355 g/mol. The van der Waals surface area contributed by atoms with Gasteiger partial charge in [-0.3, -0.25) is 4.98 Å². The standard InChI is InChI=1S/C18H17N3O5/c1-11(17-20-16(21-26-17)12-6-5-9-19-10-12)25-18(22)13-7-4-8-14(23-2)15(13)24-3/h4-11H,1-3H3. The van der Waals surface area contributed by atoms with Crippen molar-refractivity contribution in [2.45, 2.75) is 13.0 Å². The maximum atomic E-state index is 12.5. The van der Waals surface area contributed by atoms with Crippen LogP contribution in [0.1, 0.15) is 29.3 Å². The molecule has 0 bridgehead atoms. The Morgan fingerprint density at radius 1 is 1.15 bits per heavy atom. The maximum Gasteiger partial charge on any atom is 0.342 e. The summed E-state index contributed by atoms with van der Waals surface area (Å²) in [6, 6.07) is 8.53. The first-order chi connectivity index (χ1) is 12.6. The number of nitrogens with zero attached hydrogens (tertiary/aromatic N) is 3. The molecule has 2 aromatic heterocycles. The minimum atomic E-state index is -0.740. The zero-order valence-electron chi connectivity index (χ0n) is 14.5. The van der Waals surface area contributed by atoms with Crippen LogP contribution in [0.25, 0.3) is 11.4 Å². The largest absolute Gasteiger partial charge is 0.493 e. The molecule has 3 rings (SSSR count). The molecule has 0 aliphatic heterocycles. The van der Waals surface area contributed by atoms with Crippen LogP contribution in [-0.2, 0) is 4.74 Å².